The standard InChI is InChI=1S/C16H22ClN3O4/c1-10(2)23-15(22)19-16(4,5)11(3)20-24-14(21)18-13-8-6-7-12(17)9-13/h6-10H,1-5H3,(H,18,21)(H,19,22)/b20-11-. The predicted molar refractivity (Wildman–Crippen MR) is 93.5 cm³/mol. The maximum Gasteiger partial charge on any atom is 0.437 e. The van der Waals surface area contributed by atoms with Crippen LogP contribution >= 0.6 is 11.6 Å². The van der Waals surface area contributed by atoms with Crippen LogP contribution in [0, 0.1) is 0 Å². The van der Waals surface area contributed by atoms with Gasteiger partial charge in [-0.3, -0.25) is 10.2 Å². The molecule has 0 saturated carbocycles. The molecule has 1 aromatic rings. The van der Waals surface area contributed by atoms with Gasteiger partial charge in [-0.05, 0) is 52.8 Å². The highest BCUT2D eigenvalue weighted by atomic mass is 35.5. The number of nitrogens with one attached hydrogen (secondary N) is 2. The maximum absolute atomic E-state index is 11.7. The first kappa shape index (κ1) is 19.8. The number of oxime groups is 1. The minimum atomic E-state index is -0.845. The first-order valence-electron chi connectivity index (χ1n) is 7.37. The van der Waals surface area contributed by atoms with Crippen molar-refractivity contribution in [1.29, 1.82) is 0 Å². The highest BCUT2D eigenvalue weighted by molar-refractivity contribution is 6.30. The summed E-state index contributed by atoms with van der Waals surface area (Å²) in [5.41, 5.74) is 0.0326. The highest BCUT2D eigenvalue weighted by Gasteiger charge is 2.26. The van der Waals surface area contributed by atoms with E-state index in [0.717, 1.165) is 0 Å². The quantitative estimate of drug-likeness (QED) is 0.471. The topological polar surface area (TPSA) is 89.0 Å². The van der Waals surface area contributed by atoms with E-state index in [1.165, 1.54) is 0 Å². The lowest BCUT2D eigenvalue weighted by Gasteiger charge is -2.25. The number of alkyl carbamates (subject to hydrolysis) is 1. The number of ether oxygens (including phenoxy) is 1. The Kier molecular flexibility index (Phi) is 7.03. The van der Waals surface area contributed by atoms with Crippen molar-refractivity contribution >= 4 is 35.2 Å². The number of hydrogen-bond acceptors (Lipinski definition) is 5. The fourth-order valence-electron chi connectivity index (χ4n) is 1.52. The smallest absolute Gasteiger partial charge is 0.437 e. The van der Waals surface area contributed by atoms with Crippen LogP contribution in [-0.4, -0.2) is 29.5 Å². The van der Waals surface area contributed by atoms with Gasteiger partial charge >= 0.3 is 12.2 Å². The Morgan fingerprint density at radius 2 is 1.92 bits per heavy atom. The Balaban J connectivity index is 2.61. The monoisotopic (exact) mass is 355 g/mol. The third-order valence-electron chi connectivity index (χ3n) is 3.00. The molecule has 2 amide bonds. The van der Waals surface area contributed by atoms with Crippen LogP contribution in [-0.2, 0) is 9.57 Å². The normalized spacial score (nSPS) is 11.9. The Labute approximate surface area is 146 Å². The molecule has 0 aliphatic carbocycles. The number of rotatable bonds is 5. The lowest BCUT2D eigenvalue weighted by Crippen LogP contribution is -2.49. The molecule has 7 nitrogen and oxygen atoms in total. The molecule has 0 aromatic heterocycles. The predicted octanol–water partition coefficient (Wildman–Crippen LogP) is 4.18. The molecule has 0 heterocycles. The van der Waals surface area contributed by atoms with Crippen LogP contribution in [0.1, 0.15) is 34.6 Å². The third-order valence-corrected chi connectivity index (χ3v) is 3.23. The molecule has 132 valence electrons. The molecule has 0 spiro atoms. The molecule has 0 fully saturated rings. The fraction of sp³-hybridized carbons (Fsp3) is 0.438. The molecule has 2 N–H and O–H groups in total. The first-order chi connectivity index (χ1) is 11.1. The van der Waals surface area contributed by atoms with Gasteiger partial charge in [0, 0.05) is 10.7 Å². The van der Waals surface area contributed by atoms with E-state index in [4.69, 9.17) is 21.2 Å². The molecule has 0 atom stereocenters. The number of carbonyl (C=O) groups is 2. The van der Waals surface area contributed by atoms with E-state index in [9.17, 15) is 9.59 Å². The van der Waals surface area contributed by atoms with Gasteiger partial charge in [-0.25, -0.2) is 9.59 Å². The van der Waals surface area contributed by atoms with E-state index in [-0.39, 0.29) is 6.10 Å². The van der Waals surface area contributed by atoms with Crippen molar-refractivity contribution in [1.82, 2.24) is 5.32 Å². The van der Waals surface area contributed by atoms with Gasteiger partial charge in [-0.15, -0.1) is 0 Å². The number of benzene rings is 1. The van der Waals surface area contributed by atoms with E-state index in [0.29, 0.717) is 16.4 Å². The van der Waals surface area contributed by atoms with E-state index in [1.807, 2.05) is 0 Å². The molecule has 0 unspecified atom stereocenters. The highest BCUT2D eigenvalue weighted by Crippen LogP contribution is 2.15. The zero-order chi connectivity index (χ0) is 18.3. The van der Waals surface area contributed by atoms with Crippen molar-refractivity contribution in [2.45, 2.75) is 46.3 Å². The zero-order valence-corrected chi connectivity index (χ0v) is 15.1. The van der Waals surface area contributed by atoms with Gasteiger partial charge in [0.2, 0.25) is 0 Å². The lowest BCUT2D eigenvalue weighted by molar-refractivity contribution is 0.111. The van der Waals surface area contributed by atoms with Crippen LogP contribution in [0.3, 0.4) is 0 Å². The summed E-state index contributed by atoms with van der Waals surface area (Å²) < 4.78 is 5.01. The summed E-state index contributed by atoms with van der Waals surface area (Å²) in [7, 11) is 0. The van der Waals surface area contributed by atoms with Crippen LogP contribution < -0.4 is 10.6 Å². The third kappa shape index (κ3) is 6.87. The van der Waals surface area contributed by atoms with Crippen LogP contribution in [0.5, 0.6) is 0 Å². The van der Waals surface area contributed by atoms with Crippen LogP contribution in [0.15, 0.2) is 29.4 Å². The molecule has 1 rings (SSSR count). The van der Waals surface area contributed by atoms with Gasteiger partial charge < -0.3 is 10.1 Å². The van der Waals surface area contributed by atoms with E-state index in [1.54, 1.807) is 58.9 Å². The Morgan fingerprint density at radius 1 is 1.25 bits per heavy atom. The summed E-state index contributed by atoms with van der Waals surface area (Å²) in [5, 5.41) is 9.37. The Hall–Kier alpha value is -2.28. The molecule has 1 aromatic carbocycles. The van der Waals surface area contributed by atoms with Crippen molar-refractivity contribution in [2.75, 3.05) is 5.32 Å². The van der Waals surface area contributed by atoms with Gasteiger partial charge in [-0.1, -0.05) is 22.8 Å². The number of carbonyl (C=O) groups excluding carboxylic acids is 2. The number of anilines is 1. The van der Waals surface area contributed by atoms with E-state index < -0.39 is 17.7 Å². The molecular weight excluding hydrogens is 334 g/mol. The summed E-state index contributed by atoms with van der Waals surface area (Å²) >= 11 is 5.83. The van der Waals surface area contributed by atoms with Gasteiger partial charge in [0.05, 0.1) is 17.4 Å². The van der Waals surface area contributed by atoms with Crippen LogP contribution in [0.25, 0.3) is 0 Å². The minimum Gasteiger partial charge on any atom is -0.447 e. The summed E-state index contributed by atoms with van der Waals surface area (Å²) in [6, 6.07) is 6.62. The minimum absolute atomic E-state index is 0.238. The molecule has 0 saturated heterocycles. The molecular formula is C16H22ClN3O4. The summed E-state index contributed by atoms with van der Waals surface area (Å²) in [6.45, 7) is 8.55. The zero-order valence-electron chi connectivity index (χ0n) is 14.3. The number of hydrogen-bond donors (Lipinski definition) is 2. The second kappa shape index (κ2) is 8.54. The second-order valence-corrected chi connectivity index (χ2v) is 6.33. The number of amides is 2. The molecule has 0 radical (unpaired) electrons. The number of halogens is 1. The van der Waals surface area contributed by atoms with E-state index >= 15 is 0 Å². The van der Waals surface area contributed by atoms with Gasteiger partial charge in [0.1, 0.15) is 0 Å². The summed E-state index contributed by atoms with van der Waals surface area (Å²) in [6.07, 6.45) is -1.58. The van der Waals surface area contributed by atoms with Crippen molar-refractivity contribution in [3.05, 3.63) is 29.3 Å². The molecule has 8 heteroatoms. The first-order valence-corrected chi connectivity index (χ1v) is 7.75. The fourth-order valence-corrected chi connectivity index (χ4v) is 1.71. The summed E-state index contributed by atoms with van der Waals surface area (Å²) in [5.74, 6) is 0. The van der Waals surface area contributed by atoms with Crippen LogP contribution in [0.2, 0.25) is 5.02 Å². The lowest BCUT2D eigenvalue weighted by atomic mass is 10.0. The molecule has 0 aliphatic rings. The summed E-state index contributed by atoms with van der Waals surface area (Å²) in [4.78, 5) is 28.2. The second-order valence-electron chi connectivity index (χ2n) is 5.89. The van der Waals surface area contributed by atoms with Crippen LogP contribution in [0.4, 0.5) is 15.3 Å². The van der Waals surface area contributed by atoms with Gasteiger partial charge in [-0.2, -0.15) is 0 Å². The molecule has 0 bridgehead atoms. The largest absolute Gasteiger partial charge is 0.447 e. The number of nitrogens with zero attached hydrogens (tertiary/aromatic N) is 1. The molecule has 24 heavy (non-hydrogen) atoms. The Morgan fingerprint density at radius 3 is 2.50 bits per heavy atom. The van der Waals surface area contributed by atoms with Crippen molar-refractivity contribution < 1.29 is 19.2 Å². The van der Waals surface area contributed by atoms with Gasteiger partial charge in [0.25, 0.3) is 0 Å². The maximum atomic E-state index is 11.7. The Bertz CT molecular complexity index is 630. The van der Waals surface area contributed by atoms with Gasteiger partial charge in [0.15, 0.2) is 0 Å². The van der Waals surface area contributed by atoms with Crippen molar-refractivity contribution in [3.63, 3.8) is 0 Å². The average Bonchev–Trinajstić information content (AvgIpc) is 2.43. The SMILES string of the molecule is C/C(=N/OC(=O)Nc1cccc(Cl)c1)C(C)(C)NC(=O)OC(C)C. The molecule has 0 aliphatic heterocycles. The van der Waals surface area contributed by atoms with Crippen molar-refractivity contribution in [2.24, 2.45) is 5.16 Å². The van der Waals surface area contributed by atoms with Crippen molar-refractivity contribution in [3.8, 4) is 0 Å². The van der Waals surface area contributed by atoms with E-state index in [2.05, 4.69) is 15.8 Å². The average molecular weight is 356 g/mol.